The van der Waals surface area contributed by atoms with Gasteiger partial charge in [0.25, 0.3) is 27.8 Å². The van der Waals surface area contributed by atoms with Gasteiger partial charge >= 0.3 is 18.0 Å². The number of hydrogen-bond donors (Lipinski definition) is 9. The summed E-state index contributed by atoms with van der Waals surface area (Å²) in [6.07, 6.45) is 2.35. The number of benzene rings is 4. The maximum atomic E-state index is 13.9. The van der Waals surface area contributed by atoms with Crippen molar-refractivity contribution < 1.29 is 95.8 Å². The van der Waals surface area contributed by atoms with Crippen molar-refractivity contribution in [2.45, 2.75) is 134 Å². The summed E-state index contributed by atoms with van der Waals surface area (Å²) in [4.78, 5) is 114. The van der Waals surface area contributed by atoms with Crippen LogP contribution in [-0.4, -0.2) is 197 Å². The van der Waals surface area contributed by atoms with Gasteiger partial charge < -0.3 is 60.0 Å². The number of carboxylic acids is 2. The summed E-state index contributed by atoms with van der Waals surface area (Å²) in [6.45, 7) is 6.10. The predicted molar refractivity (Wildman–Crippen MR) is 383 cm³/mol. The Labute approximate surface area is 607 Å². The number of aliphatic hydroxyl groups is 3. The van der Waals surface area contributed by atoms with Crippen LogP contribution in [-0.2, 0) is 54.8 Å². The zero-order valence-electron chi connectivity index (χ0n) is 57.8. The van der Waals surface area contributed by atoms with Crippen LogP contribution < -0.4 is 20.7 Å². The van der Waals surface area contributed by atoms with Gasteiger partial charge in [0.1, 0.15) is 30.7 Å². The van der Waals surface area contributed by atoms with Gasteiger partial charge in [0, 0.05) is 85.7 Å². The molecule has 4 aromatic carbocycles. The summed E-state index contributed by atoms with van der Waals surface area (Å²) in [5, 5.41) is 66.9. The van der Waals surface area contributed by atoms with Crippen molar-refractivity contribution >= 4 is 107 Å². The first-order chi connectivity index (χ1) is 50.0. The molecule has 4 saturated carbocycles. The molecule has 1 saturated heterocycles. The number of aliphatic hydroxyl groups excluding tert-OH is 3. The summed E-state index contributed by atoms with van der Waals surface area (Å²) in [5.74, 6) is -5.99. The number of imide groups is 1. The molecule has 2 aliphatic heterocycles. The second-order valence-electron chi connectivity index (χ2n) is 28.6. The van der Waals surface area contributed by atoms with Crippen LogP contribution >= 0.6 is 11.3 Å². The number of nitrogens with one attached hydrogen (secondary N) is 3. The van der Waals surface area contributed by atoms with E-state index in [1.165, 1.54) is 53.8 Å². The number of unbranched alkanes of at least 4 members (excludes halogenated alkanes) is 2. The number of ether oxygens (including phenoxy) is 4. The van der Waals surface area contributed by atoms with Crippen LogP contribution in [0.15, 0.2) is 115 Å². The summed E-state index contributed by atoms with van der Waals surface area (Å²) in [7, 11) is -4.56. The molecule has 4 bridgehead atoms. The molecule has 2 unspecified atom stereocenters. The van der Waals surface area contributed by atoms with Crippen molar-refractivity contribution in [3.8, 4) is 28.1 Å². The minimum atomic E-state index is -4.56. The molecule has 554 valence electrons. The number of nitrogens with zero attached hydrogens (tertiary/aromatic N) is 6. The number of carbonyl (C=O) groups is 8. The molecule has 7 atom stereocenters. The highest BCUT2D eigenvalue weighted by atomic mass is 32.2. The van der Waals surface area contributed by atoms with Gasteiger partial charge in [-0.15, -0.1) is 0 Å². The summed E-state index contributed by atoms with van der Waals surface area (Å²) in [6, 6.07) is 26.3. The lowest BCUT2D eigenvalue weighted by atomic mass is 9.39. The number of rotatable bonds is 30. The second kappa shape index (κ2) is 30.7. The van der Waals surface area contributed by atoms with Crippen LogP contribution in [0.4, 0.5) is 15.6 Å². The standard InChI is InChI=1S/C74H81N9O20S2/c1-43-50(47-20-21-51(78-60(47)66(92)93)46-19-18-45-12-9-13-48(49(45)34-46)65(91)80-69-79-52-14-6-7-15-55(52)104-69)35-76-83(43)42-73-37-71(2)36-72(3,38-73)40-74(39-71,41-73)101-31-28-81(29-32-105(97,98)99)70(96)100-30-10-11-44-17-22-54(102-68-63(90)61(88)62(89)64(103-68)67(94)95)53(33-44)77-57(85)25-26-75-56(84)16-5-4-8-27-82-58(86)23-24-59(82)87/h6-7,9-15,17-24,33-35,61-64,68,88-90H,4-5,8,16,25-32,36-42H2,1-3H3,(H,75,84)(H,77,85)(H,92,93)(H,94,95)(H,79,80,91)(H,97,98,99)/b11-10+/t61-,62-,63+,64-,68+,71?,72?,73?,74?/m0/s1. The van der Waals surface area contributed by atoms with E-state index < -0.39 is 94.5 Å². The average molecular weight is 1480 g/mol. The first kappa shape index (κ1) is 74.8. The SMILES string of the molecule is Cc1c(-c2ccc(-c3ccc4cccc(C(=O)Nc5nc6ccccc6s5)c4c3)nc2C(=O)O)cnn1CC12CC3(C)CC(C)(C1)CC(OCCN(CCS(=O)(=O)O)C(=O)OC/C=C/c1ccc(O[C@@H]4O[C@H](C(=O)O)[C@@H](O)[C@H](O)[C@H]4O)c(NC(=O)CCNC(=O)CCCCCN4C(=O)C=CC4=O)c1)(C3)C2. The topological polar surface area (TPSA) is 415 Å². The maximum Gasteiger partial charge on any atom is 0.410 e. The van der Waals surface area contributed by atoms with Crippen LogP contribution in [0.5, 0.6) is 5.75 Å². The quantitative estimate of drug-likeness (QED) is 0.0117. The molecule has 4 aliphatic carbocycles. The third kappa shape index (κ3) is 17.3. The van der Waals surface area contributed by atoms with E-state index in [9.17, 15) is 76.9 Å². The van der Waals surface area contributed by atoms with Crippen LogP contribution in [0.1, 0.15) is 117 Å². The van der Waals surface area contributed by atoms with E-state index >= 15 is 0 Å². The number of carbonyl (C=O) groups excluding carboxylic acids is 6. The Morgan fingerprint density at radius 1 is 0.790 bits per heavy atom. The molecule has 13 rings (SSSR count). The molecule has 3 aromatic heterocycles. The number of aromatic nitrogens is 4. The third-order valence-corrected chi connectivity index (χ3v) is 21.7. The Kier molecular flexibility index (Phi) is 21.9. The molecule has 31 heteroatoms. The molecular weight excluding hydrogens is 1400 g/mol. The van der Waals surface area contributed by atoms with Crippen molar-refractivity contribution in [2.24, 2.45) is 16.2 Å². The molecule has 105 heavy (non-hydrogen) atoms. The average Bonchev–Trinajstić information content (AvgIpc) is 0.856. The van der Waals surface area contributed by atoms with Gasteiger partial charge in [-0.2, -0.15) is 13.5 Å². The van der Waals surface area contributed by atoms with Crippen molar-refractivity contribution in [3.63, 3.8) is 0 Å². The lowest BCUT2D eigenvalue weighted by Gasteiger charge is -2.69. The van der Waals surface area contributed by atoms with Gasteiger partial charge in [-0.05, 0) is 145 Å². The van der Waals surface area contributed by atoms with Gasteiger partial charge in [0.05, 0.1) is 45.8 Å². The summed E-state index contributed by atoms with van der Waals surface area (Å²) >= 11 is 1.37. The number of carboxylic acid groups (broad SMARTS) is 2. The van der Waals surface area contributed by atoms with E-state index in [0.717, 1.165) is 63.2 Å². The van der Waals surface area contributed by atoms with E-state index in [2.05, 4.69) is 34.8 Å². The van der Waals surface area contributed by atoms with Gasteiger partial charge in [-0.1, -0.05) is 80.1 Å². The predicted octanol–water partition coefficient (Wildman–Crippen LogP) is 8.01. The number of para-hydroxylation sites is 1. The molecule has 5 fully saturated rings. The monoisotopic (exact) mass is 1480 g/mol. The highest BCUT2D eigenvalue weighted by Crippen LogP contribution is 2.72. The van der Waals surface area contributed by atoms with E-state index in [0.29, 0.717) is 76.3 Å². The highest BCUT2D eigenvalue weighted by Gasteiger charge is 2.66. The molecule has 6 amide bonds. The van der Waals surface area contributed by atoms with Crippen LogP contribution in [0.3, 0.4) is 0 Å². The fourth-order valence-electron chi connectivity index (χ4n) is 16.5. The molecule has 7 aromatic rings. The molecular formula is C74H81N9O20S2. The van der Waals surface area contributed by atoms with E-state index in [1.807, 2.05) is 60.1 Å². The second-order valence-corrected chi connectivity index (χ2v) is 31.2. The number of thiazole rings is 1. The molecule has 0 radical (unpaired) electrons. The molecule has 0 spiro atoms. The number of hydrogen-bond acceptors (Lipinski definition) is 21. The Morgan fingerprint density at radius 3 is 2.29 bits per heavy atom. The van der Waals surface area contributed by atoms with E-state index in [4.69, 9.17) is 29.0 Å². The first-order valence-electron chi connectivity index (χ1n) is 34.4. The number of amides is 6. The minimum absolute atomic E-state index is 0.0207. The number of aliphatic carboxylic acids is 1. The molecule has 9 N–H and O–H groups in total. The fraction of sp³-hybridized carbons (Fsp3) is 0.419. The van der Waals surface area contributed by atoms with Gasteiger partial charge in [0.15, 0.2) is 16.9 Å². The molecule has 29 nitrogen and oxygen atoms in total. The van der Waals surface area contributed by atoms with Crippen LogP contribution in [0.25, 0.3) is 49.4 Å². The Bertz CT molecular complexity index is 4680. The number of anilines is 2. The van der Waals surface area contributed by atoms with Gasteiger partial charge in [0.2, 0.25) is 18.1 Å². The smallest absolute Gasteiger partial charge is 0.410 e. The first-order valence-corrected chi connectivity index (χ1v) is 36.9. The summed E-state index contributed by atoms with van der Waals surface area (Å²) in [5.41, 5.74) is 2.75. The summed E-state index contributed by atoms with van der Waals surface area (Å²) < 4.78 is 60.6. The Morgan fingerprint density at radius 2 is 1.55 bits per heavy atom. The zero-order valence-corrected chi connectivity index (χ0v) is 59.4. The normalized spacial score (nSPS) is 24.0. The maximum absolute atomic E-state index is 13.9. The number of pyridine rings is 1. The van der Waals surface area contributed by atoms with Crippen LogP contribution in [0.2, 0.25) is 0 Å². The van der Waals surface area contributed by atoms with Crippen molar-refractivity contribution in [3.05, 3.63) is 138 Å². The number of fused-ring (bicyclic) bond motifs is 2. The molecule has 5 heterocycles. The molecule has 6 aliphatic rings. The minimum Gasteiger partial charge on any atom is -0.479 e. The highest BCUT2D eigenvalue weighted by molar-refractivity contribution is 7.85. The fourth-order valence-corrected chi connectivity index (χ4v) is 17.8. The van der Waals surface area contributed by atoms with Crippen molar-refractivity contribution in [1.82, 2.24) is 34.9 Å². The van der Waals surface area contributed by atoms with E-state index in [1.54, 1.807) is 30.5 Å². The lowest BCUT2D eigenvalue weighted by molar-refractivity contribution is -0.271. The lowest BCUT2D eigenvalue weighted by Crippen LogP contribution is -2.64. The van der Waals surface area contributed by atoms with Crippen LogP contribution in [0, 0.1) is 23.2 Å². The van der Waals surface area contributed by atoms with Crippen molar-refractivity contribution in [2.75, 3.05) is 55.8 Å². The Balaban J connectivity index is 0.686. The Hall–Kier alpha value is -9.86. The van der Waals surface area contributed by atoms with Crippen molar-refractivity contribution in [1.29, 1.82) is 0 Å². The van der Waals surface area contributed by atoms with E-state index in [-0.39, 0.29) is 90.9 Å². The third-order valence-electron chi connectivity index (χ3n) is 20.0. The number of aromatic carboxylic acids is 1. The van der Waals surface area contributed by atoms with Gasteiger partial charge in [-0.3, -0.25) is 43.4 Å². The zero-order chi connectivity index (χ0) is 74.8. The largest absolute Gasteiger partial charge is 0.479 e. The van der Waals surface area contributed by atoms with Gasteiger partial charge in [-0.25, -0.2) is 24.4 Å².